The number of hydrogen-bond acceptors (Lipinski definition) is 5. The minimum atomic E-state index is -0.150. The van der Waals surface area contributed by atoms with Crippen LogP contribution in [-0.4, -0.2) is 23.2 Å². The lowest BCUT2D eigenvalue weighted by molar-refractivity contribution is -0.121. The van der Waals surface area contributed by atoms with Gasteiger partial charge in [-0.1, -0.05) is 0 Å². The highest BCUT2D eigenvalue weighted by atomic mass is 32.1. The van der Waals surface area contributed by atoms with Crippen molar-refractivity contribution in [3.8, 4) is 10.6 Å². The minimum Gasteiger partial charge on any atom is -0.297 e. The van der Waals surface area contributed by atoms with Crippen LogP contribution in [0.1, 0.15) is 11.3 Å². The first-order chi connectivity index (χ1) is 8.63. The van der Waals surface area contributed by atoms with Crippen LogP contribution in [0.25, 0.3) is 10.6 Å². The molecule has 1 aliphatic heterocycles. The van der Waals surface area contributed by atoms with Gasteiger partial charge in [0.2, 0.25) is 5.91 Å². The smallest absolute Gasteiger partial charge is 0.236 e. The lowest BCUT2D eigenvalue weighted by atomic mass is 10.3. The van der Waals surface area contributed by atoms with Crippen LogP contribution in [0.15, 0.2) is 17.5 Å². The van der Waals surface area contributed by atoms with Crippen molar-refractivity contribution in [3.05, 3.63) is 22.4 Å². The number of Topliss-reactive ketones (excluding diaryl/α,β-unsaturated/α-hetero) is 1. The maximum Gasteiger partial charge on any atom is 0.236 e. The first-order valence-electron chi connectivity index (χ1n) is 5.48. The van der Waals surface area contributed by atoms with Crippen LogP contribution >= 0.6 is 22.7 Å². The molecule has 3 rings (SSSR count). The largest absolute Gasteiger partial charge is 0.297 e. The Labute approximate surface area is 112 Å². The molecule has 2 aromatic rings. The highest BCUT2D eigenvalue weighted by Gasteiger charge is 2.30. The standard InChI is InChI=1S/C12H10N2O2S2/c1-7-2-3-10(18-7)9-6-17-12(13-9)14-5-8(15)4-11(14)16/h2-3,6H,4-5H2,1H3. The summed E-state index contributed by atoms with van der Waals surface area (Å²) in [6.07, 6.45) is 0.00697. The van der Waals surface area contributed by atoms with Gasteiger partial charge < -0.3 is 0 Å². The molecule has 1 amide bonds. The fourth-order valence-electron chi connectivity index (χ4n) is 1.83. The number of carbonyl (C=O) groups excluding carboxylic acids is 2. The van der Waals surface area contributed by atoms with Gasteiger partial charge in [0.15, 0.2) is 10.9 Å². The Morgan fingerprint density at radius 2 is 2.17 bits per heavy atom. The Hall–Kier alpha value is -1.53. The molecular formula is C12H10N2O2S2. The van der Waals surface area contributed by atoms with E-state index in [4.69, 9.17) is 0 Å². The summed E-state index contributed by atoms with van der Waals surface area (Å²) in [5.74, 6) is -0.188. The second kappa shape index (κ2) is 4.29. The maximum atomic E-state index is 11.6. The Morgan fingerprint density at radius 1 is 1.33 bits per heavy atom. The highest BCUT2D eigenvalue weighted by Crippen LogP contribution is 2.32. The summed E-state index contributed by atoms with van der Waals surface area (Å²) >= 11 is 3.08. The van der Waals surface area contributed by atoms with E-state index < -0.39 is 0 Å². The number of aromatic nitrogens is 1. The summed E-state index contributed by atoms with van der Waals surface area (Å²) in [5.41, 5.74) is 0.875. The normalized spacial score (nSPS) is 15.7. The van der Waals surface area contributed by atoms with Crippen molar-refractivity contribution in [2.24, 2.45) is 0 Å². The fourth-order valence-corrected chi connectivity index (χ4v) is 3.58. The zero-order valence-corrected chi connectivity index (χ0v) is 11.3. The van der Waals surface area contributed by atoms with Gasteiger partial charge in [0.05, 0.1) is 23.5 Å². The average molecular weight is 278 g/mol. The highest BCUT2D eigenvalue weighted by molar-refractivity contribution is 7.17. The molecule has 1 fully saturated rings. The number of thiophene rings is 1. The van der Waals surface area contributed by atoms with E-state index in [9.17, 15) is 9.59 Å². The van der Waals surface area contributed by atoms with Gasteiger partial charge in [-0.3, -0.25) is 14.5 Å². The summed E-state index contributed by atoms with van der Waals surface area (Å²) in [6, 6.07) is 4.07. The van der Waals surface area contributed by atoms with Crippen LogP contribution in [0.2, 0.25) is 0 Å². The first-order valence-corrected chi connectivity index (χ1v) is 7.17. The average Bonchev–Trinajstić information content (AvgIpc) is 2.98. The molecule has 18 heavy (non-hydrogen) atoms. The van der Waals surface area contributed by atoms with E-state index in [1.165, 1.54) is 21.1 Å². The summed E-state index contributed by atoms with van der Waals surface area (Å²) in [7, 11) is 0. The van der Waals surface area contributed by atoms with Crippen molar-refractivity contribution in [3.63, 3.8) is 0 Å². The molecule has 1 saturated heterocycles. The zero-order valence-electron chi connectivity index (χ0n) is 9.67. The summed E-state index contributed by atoms with van der Waals surface area (Å²) in [6.45, 7) is 2.21. The number of amides is 1. The number of aryl methyl sites for hydroxylation is 1. The van der Waals surface area contributed by atoms with Gasteiger partial charge in [-0.05, 0) is 19.1 Å². The number of thiazole rings is 1. The van der Waals surface area contributed by atoms with E-state index >= 15 is 0 Å². The second-order valence-corrected chi connectivity index (χ2v) is 6.25. The maximum absolute atomic E-state index is 11.6. The Morgan fingerprint density at radius 3 is 2.78 bits per heavy atom. The third-order valence-corrected chi connectivity index (χ3v) is 4.59. The molecule has 2 aromatic heterocycles. The van der Waals surface area contributed by atoms with Crippen molar-refractivity contribution in [1.29, 1.82) is 0 Å². The molecule has 0 atom stereocenters. The molecule has 0 radical (unpaired) electrons. The van der Waals surface area contributed by atoms with E-state index in [-0.39, 0.29) is 24.7 Å². The van der Waals surface area contributed by atoms with Gasteiger partial charge in [-0.25, -0.2) is 4.98 Å². The van der Waals surface area contributed by atoms with Gasteiger partial charge >= 0.3 is 0 Å². The van der Waals surface area contributed by atoms with Gasteiger partial charge in [0, 0.05) is 10.3 Å². The van der Waals surface area contributed by atoms with Gasteiger partial charge in [0.1, 0.15) is 0 Å². The lowest BCUT2D eigenvalue weighted by Gasteiger charge is -2.08. The number of ketones is 1. The molecule has 92 valence electrons. The van der Waals surface area contributed by atoms with E-state index in [0.717, 1.165) is 10.6 Å². The van der Waals surface area contributed by atoms with E-state index in [0.29, 0.717) is 5.13 Å². The molecule has 4 nitrogen and oxygen atoms in total. The molecule has 0 unspecified atom stereocenters. The topological polar surface area (TPSA) is 50.3 Å². The quantitative estimate of drug-likeness (QED) is 0.793. The van der Waals surface area contributed by atoms with Crippen LogP contribution in [0.4, 0.5) is 5.13 Å². The SMILES string of the molecule is Cc1ccc(-c2csc(N3CC(=O)CC3=O)n2)s1. The molecule has 0 N–H and O–H groups in total. The van der Waals surface area contributed by atoms with Crippen molar-refractivity contribution in [2.75, 3.05) is 11.4 Å². The van der Waals surface area contributed by atoms with Crippen LogP contribution in [0.3, 0.4) is 0 Å². The molecule has 3 heterocycles. The summed E-state index contributed by atoms with van der Waals surface area (Å²) < 4.78 is 0. The summed E-state index contributed by atoms with van der Waals surface area (Å²) in [4.78, 5) is 31.1. The van der Waals surface area contributed by atoms with Crippen molar-refractivity contribution in [2.45, 2.75) is 13.3 Å². The fraction of sp³-hybridized carbons (Fsp3) is 0.250. The van der Waals surface area contributed by atoms with Crippen molar-refractivity contribution in [1.82, 2.24) is 4.98 Å². The van der Waals surface area contributed by atoms with Gasteiger partial charge in [0.25, 0.3) is 0 Å². The number of rotatable bonds is 2. The molecular weight excluding hydrogens is 268 g/mol. The molecule has 0 aromatic carbocycles. The number of anilines is 1. The van der Waals surface area contributed by atoms with Crippen LogP contribution < -0.4 is 4.90 Å². The van der Waals surface area contributed by atoms with Crippen molar-refractivity contribution >= 4 is 39.5 Å². The molecule has 0 aliphatic carbocycles. The van der Waals surface area contributed by atoms with Crippen LogP contribution in [0, 0.1) is 6.92 Å². The Balaban J connectivity index is 1.90. The second-order valence-electron chi connectivity index (χ2n) is 4.12. The minimum absolute atomic E-state index is 0.00697. The van der Waals surface area contributed by atoms with Crippen molar-refractivity contribution < 1.29 is 9.59 Å². The first kappa shape index (κ1) is 11.6. The third-order valence-electron chi connectivity index (χ3n) is 2.70. The lowest BCUT2D eigenvalue weighted by Crippen LogP contribution is -2.24. The van der Waals surface area contributed by atoms with E-state index in [1.54, 1.807) is 11.3 Å². The Kier molecular flexibility index (Phi) is 2.76. The predicted octanol–water partition coefficient (Wildman–Crippen LogP) is 2.49. The number of carbonyl (C=O) groups is 2. The third kappa shape index (κ3) is 1.97. The number of nitrogens with zero attached hydrogens (tertiary/aromatic N) is 2. The molecule has 1 aliphatic rings. The zero-order chi connectivity index (χ0) is 12.7. The molecule has 6 heteroatoms. The van der Waals surface area contributed by atoms with E-state index in [1.807, 2.05) is 24.4 Å². The van der Waals surface area contributed by atoms with Gasteiger partial charge in [-0.15, -0.1) is 22.7 Å². The van der Waals surface area contributed by atoms with Crippen LogP contribution in [0.5, 0.6) is 0 Å². The summed E-state index contributed by atoms with van der Waals surface area (Å²) in [5, 5.41) is 2.54. The Bertz CT molecular complexity index is 630. The predicted molar refractivity (Wildman–Crippen MR) is 72.1 cm³/mol. The van der Waals surface area contributed by atoms with Crippen LogP contribution in [-0.2, 0) is 9.59 Å². The van der Waals surface area contributed by atoms with E-state index in [2.05, 4.69) is 4.98 Å². The molecule has 0 saturated carbocycles. The number of hydrogen-bond donors (Lipinski definition) is 0. The molecule has 0 bridgehead atoms. The van der Waals surface area contributed by atoms with Gasteiger partial charge in [-0.2, -0.15) is 0 Å². The monoisotopic (exact) mass is 278 g/mol. The molecule has 0 spiro atoms.